The lowest BCUT2D eigenvalue weighted by Crippen LogP contribution is -2.43. The van der Waals surface area contributed by atoms with Crippen LogP contribution in [0, 0.1) is 0 Å². The van der Waals surface area contributed by atoms with Gasteiger partial charge in [-0.3, -0.25) is 5.21 Å². The molecule has 1 heterocycles. The van der Waals surface area contributed by atoms with E-state index in [0.29, 0.717) is 0 Å². The van der Waals surface area contributed by atoms with Crippen LogP contribution in [0.5, 0.6) is 0 Å². The van der Waals surface area contributed by atoms with Crippen molar-refractivity contribution in [3.8, 4) is 0 Å². The fourth-order valence-electron chi connectivity index (χ4n) is 0.837. The van der Waals surface area contributed by atoms with Crippen LogP contribution >= 0.6 is 11.8 Å². The van der Waals surface area contributed by atoms with Crippen molar-refractivity contribution in [2.24, 2.45) is 0 Å². The van der Waals surface area contributed by atoms with Crippen LogP contribution in [0.2, 0.25) is 0 Å². The van der Waals surface area contributed by atoms with E-state index in [0.717, 1.165) is 24.6 Å². The van der Waals surface area contributed by atoms with Gasteiger partial charge in [0.15, 0.2) is 0 Å². The predicted molar refractivity (Wildman–Crippen MR) is 39.2 cm³/mol. The van der Waals surface area contributed by atoms with E-state index >= 15 is 0 Å². The van der Waals surface area contributed by atoms with Gasteiger partial charge in [-0.25, -0.2) is 10.3 Å². The van der Waals surface area contributed by atoms with Crippen molar-refractivity contribution in [2.45, 2.75) is 0 Å². The molecule has 0 spiro atoms. The van der Waals surface area contributed by atoms with Crippen LogP contribution in [0.15, 0.2) is 0 Å². The average molecular weight is 162 g/mol. The topological polar surface area (TPSA) is 52.6 Å². The minimum atomic E-state index is -0.389. The quantitative estimate of drug-likeness (QED) is 0.393. The number of thioether (sulfide) groups is 1. The molecule has 10 heavy (non-hydrogen) atoms. The number of rotatable bonds is 0. The summed E-state index contributed by atoms with van der Waals surface area (Å²) in [6.07, 6.45) is 0. The first-order valence-corrected chi connectivity index (χ1v) is 4.27. The van der Waals surface area contributed by atoms with Gasteiger partial charge in [0.25, 0.3) is 0 Å². The molecule has 1 saturated heterocycles. The summed E-state index contributed by atoms with van der Waals surface area (Å²) >= 11 is 1.82. The zero-order chi connectivity index (χ0) is 7.40. The third-order valence-corrected chi connectivity index (χ3v) is 2.34. The standard InChI is InChI=1S/C5H10N2O2S/c8-5(6-9)7-1-3-10-4-2-7/h9H,1-4H2,(H,6,8). The fraction of sp³-hybridized carbons (Fsp3) is 0.800. The summed E-state index contributed by atoms with van der Waals surface area (Å²) in [6, 6.07) is -0.389. The smallest absolute Gasteiger partial charge is 0.321 e. The van der Waals surface area contributed by atoms with Gasteiger partial charge in [-0.05, 0) is 0 Å². The summed E-state index contributed by atoms with van der Waals surface area (Å²) in [6.45, 7) is 1.47. The van der Waals surface area contributed by atoms with E-state index in [9.17, 15) is 4.79 Å². The molecule has 5 heteroatoms. The Labute approximate surface area is 63.5 Å². The first kappa shape index (κ1) is 7.68. The highest BCUT2D eigenvalue weighted by Gasteiger charge is 2.14. The highest BCUT2D eigenvalue weighted by atomic mass is 32.2. The molecule has 0 unspecified atom stereocenters. The number of urea groups is 1. The van der Waals surface area contributed by atoms with E-state index in [2.05, 4.69) is 0 Å². The maximum Gasteiger partial charge on any atom is 0.341 e. The van der Waals surface area contributed by atoms with Crippen LogP contribution in [0.1, 0.15) is 0 Å². The van der Waals surface area contributed by atoms with Crippen LogP contribution in [0.25, 0.3) is 0 Å². The largest absolute Gasteiger partial charge is 0.341 e. The third kappa shape index (κ3) is 1.78. The molecule has 0 saturated carbocycles. The SMILES string of the molecule is O=C(NO)N1CCSCC1. The Morgan fingerprint density at radius 3 is 2.60 bits per heavy atom. The van der Waals surface area contributed by atoms with Crippen LogP contribution in [-0.4, -0.2) is 40.7 Å². The second kappa shape index (κ2) is 3.68. The molecule has 0 aliphatic carbocycles. The lowest BCUT2D eigenvalue weighted by molar-refractivity contribution is 0.132. The summed E-state index contributed by atoms with van der Waals surface area (Å²) in [5, 5.41) is 8.24. The minimum absolute atomic E-state index is 0.389. The van der Waals surface area contributed by atoms with Gasteiger partial charge in [-0.1, -0.05) is 0 Å². The molecule has 0 radical (unpaired) electrons. The molecule has 2 N–H and O–H groups in total. The molecule has 0 aromatic carbocycles. The molecule has 0 aromatic heterocycles. The lowest BCUT2D eigenvalue weighted by Gasteiger charge is -2.24. The van der Waals surface area contributed by atoms with Gasteiger partial charge in [0, 0.05) is 24.6 Å². The first-order valence-electron chi connectivity index (χ1n) is 3.11. The summed E-state index contributed by atoms with van der Waals surface area (Å²) in [5.41, 5.74) is 1.61. The Morgan fingerprint density at radius 1 is 1.50 bits per heavy atom. The van der Waals surface area contributed by atoms with Crippen LogP contribution < -0.4 is 5.48 Å². The summed E-state index contributed by atoms with van der Waals surface area (Å²) in [5.74, 6) is 1.93. The predicted octanol–water partition coefficient (Wildman–Crippen LogP) is 0.134. The Balaban J connectivity index is 2.31. The normalized spacial score (nSPS) is 18.7. The van der Waals surface area contributed by atoms with Gasteiger partial charge in [-0.2, -0.15) is 11.8 Å². The number of carbonyl (C=O) groups excluding carboxylic acids is 1. The van der Waals surface area contributed by atoms with Crippen LogP contribution in [-0.2, 0) is 0 Å². The number of carbonyl (C=O) groups is 1. The number of hydroxylamine groups is 1. The van der Waals surface area contributed by atoms with E-state index in [1.54, 1.807) is 10.4 Å². The number of hydrogen-bond acceptors (Lipinski definition) is 3. The van der Waals surface area contributed by atoms with E-state index in [-0.39, 0.29) is 6.03 Å². The van der Waals surface area contributed by atoms with Crippen molar-refractivity contribution in [2.75, 3.05) is 24.6 Å². The molecule has 0 bridgehead atoms. The first-order chi connectivity index (χ1) is 4.84. The van der Waals surface area contributed by atoms with E-state index < -0.39 is 0 Å². The van der Waals surface area contributed by atoms with Crippen molar-refractivity contribution < 1.29 is 10.0 Å². The zero-order valence-electron chi connectivity index (χ0n) is 5.54. The number of nitrogens with zero attached hydrogens (tertiary/aromatic N) is 1. The molecule has 1 aliphatic rings. The van der Waals surface area contributed by atoms with Crippen molar-refractivity contribution in [3.63, 3.8) is 0 Å². The summed E-state index contributed by atoms with van der Waals surface area (Å²) in [4.78, 5) is 12.3. The molecule has 2 amide bonds. The maximum atomic E-state index is 10.7. The molecule has 1 aliphatic heterocycles. The minimum Gasteiger partial charge on any atom is -0.321 e. The maximum absolute atomic E-state index is 10.7. The molecule has 4 nitrogen and oxygen atoms in total. The monoisotopic (exact) mass is 162 g/mol. The number of nitrogens with one attached hydrogen (secondary N) is 1. The Bertz CT molecular complexity index is 125. The molecular formula is C5H10N2O2S. The molecule has 1 rings (SSSR count). The van der Waals surface area contributed by atoms with Crippen molar-refractivity contribution in [3.05, 3.63) is 0 Å². The van der Waals surface area contributed by atoms with Crippen LogP contribution in [0.4, 0.5) is 4.79 Å². The lowest BCUT2D eigenvalue weighted by atomic mass is 10.5. The van der Waals surface area contributed by atoms with E-state index in [1.807, 2.05) is 11.8 Å². The Kier molecular flexibility index (Phi) is 2.82. The molecular weight excluding hydrogens is 152 g/mol. The van der Waals surface area contributed by atoms with Gasteiger partial charge in [-0.15, -0.1) is 0 Å². The van der Waals surface area contributed by atoms with Gasteiger partial charge in [0.05, 0.1) is 0 Å². The zero-order valence-corrected chi connectivity index (χ0v) is 6.36. The highest BCUT2D eigenvalue weighted by Crippen LogP contribution is 2.08. The van der Waals surface area contributed by atoms with Crippen molar-refractivity contribution >= 4 is 17.8 Å². The Morgan fingerprint density at radius 2 is 2.10 bits per heavy atom. The number of amides is 2. The van der Waals surface area contributed by atoms with Crippen molar-refractivity contribution in [1.29, 1.82) is 0 Å². The third-order valence-electron chi connectivity index (χ3n) is 1.39. The van der Waals surface area contributed by atoms with Gasteiger partial charge in [0.1, 0.15) is 0 Å². The molecule has 58 valence electrons. The van der Waals surface area contributed by atoms with Gasteiger partial charge >= 0.3 is 6.03 Å². The summed E-state index contributed by atoms with van der Waals surface area (Å²) in [7, 11) is 0. The van der Waals surface area contributed by atoms with E-state index in [4.69, 9.17) is 5.21 Å². The molecule has 0 atom stereocenters. The van der Waals surface area contributed by atoms with Gasteiger partial charge < -0.3 is 4.90 Å². The molecule has 1 fully saturated rings. The van der Waals surface area contributed by atoms with E-state index in [1.165, 1.54) is 0 Å². The van der Waals surface area contributed by atoms with Gasteiger partial charge in [0.2, 0.25) is 0 Å². The number of hydrogen-bond donors (Lipinski definition) is 2. The summed E-state index contributed by atoms with van der Waals surface area (Å²) < 4.78 is 0. The van der Waals surface area contributed by atoms with Crippen LogP contribution in [0.3, 0.4) is 0 Å². The fourth-order valence-corrected chi connectivity index (χ4v) is 1.74. The molecule has 0 aromatic rings. The second-order valence-corrected chi connectivity index (χ2v) is 3.24. The Hall–Kier alpha value is -0.420. The second-order valence-electron chi connectivity index (χ2n) is 2.02. The highest BCUT2D eigenvalue weighted by molar-refractivity contribution is 7.99. The average Bonchev–Trinajstić information content (AvgIpc) is 2.05. The van der Waals surface area contributed by atoms with Crippen molar-refractivity contribution in [1.82, 2.24) is 10.4 Å².